The zero-order valence-electron chi connectivity index (χ0n) is 19.8. The molecule has 0 saturated heterocycles. The molecule has 8 nitrogen and oxygen atoms in total. The molecular weight excluding hydrogens is 493 g/mol. The SMILES string of the molecule is COC=O.O=C1Cc2ccc(OCCCC(=O)c3cccn(Cc4cc(F)c(F)c(F)c4)c3=O)cc2N1. The quantitative estimate of drug-likeness (QED) is 0.202. The number of ether oxygens (including phenoxy) is 2. The lowest BCUT2D eigenvalue weighted by Crippen LogP contribution is -2.26. The van der Waals surface area contributed by atoms with Gasteiger partial charge in [-0.15, -0.1) is 0 Å². The van der Waals surface area contributed by atoms with E-state index in [1.807, 2.05) is 0 Å². The molecule has 1 N–H and O–H groups in total. The molecule has 2 heterocycles. The normalized spacial score (nSPS) is 11.6. The number of aromatic nitrogens is 1. The fraction of sp³-hybridized carbons (Fsp3) is 0.231. The van der Waals surface area contributed by atoms with Crippen LogP contribution in [0, 0.1) is 17.5 Å². The Morgan fingerprint density at radius 1 is 1.11 bits per heavy atom. The molecule has 0 saturated carbocycles. The molecule has 1 aromatic heterocycles. The maximum absolute atomic E-state index is 13.4. The summed E-state index contributed by atoms with van der Waals surface area (Å²) in [5.41, 5.74) is 0.995. The smallest absolute Gasteiger partial charge is 0.292 e. The maximum Gasteiger partial charge on any atom is 0.292 e. The van der Waals surface area contributed by atoms with Crippen molar-refractivity contribution in [2.45, 2.75) is 25.8 Å². The van der Waals surface area contributed by atoms with Crippen molar-refractivity contribution in [3.8, 4) is 5.75 Å². The van der Waals surface area contributed by atoms with E-state index in [2.05, 4.69) is 10.1 Å². The first kappa shape index (κ1) is 27.2. The molecule has 0 unspecified atom stereocenters. The van der Waals surface area contributed by atoms with Gasteiger partial charge in [0.05, 0.1) is 32.2 Å². The van der Waals surface area contributed by atoms with E-state index >= 15 is 0 Å². The fourth-order valence-corrected chi connectivity index (χ4v) is 3.61. The Labute approximate surface area is 209 Å². The molecule has 0 spiro atoms. The van der Waals surface area contributed by atoms with E-state index in [4.69, 9.17) is 9.53 Å². The van der Waals surface area contributed by atoms with Crippen molar-refractivity contribution in [3.05, 3.63) is 93.2 Å². The molecule has 0 bridgehead atoms. The van der Waals surface area contributed by atoms with Crippen LogP contribution in [0.4, 0.5) is 18.9 Å². The monoisotopic (exact) mass is 516 g/mol. The van der Waals surface area contributed by atoms with Gasteiger partial charge in [0, 0.05) is 24.4 Å². The van der Waals surface area contributed by atoms with Crippen molar-refractivity contribution >= 4 is 23.9 Å². The van der Waals surface area contributed by atoms with Gasteiger partial charge in [-0.2, -0.15) is 0 Å². The zero-order chi connectivity index (χ0) is 26.9. The zero-order valence-corrected chi connectivity index (χ0v) is 19.8. The molecule has 3 aromatic rings. The number of pyridine rings is 1. The van der Waals surface area contributed by atoms with Crippen LogP contribution in [0.2, 0.25) is 0 Å². The third kappa shape index (κ3) is 7.06. The highest BCUT2D eigenvalue weighted by Crippen LogP contribution is 2.27. The van der Waals surface area contributed by atoms with Gasteiger partial charge in [0.15, 0.2) is 23.2 Å². The molecule has 2 aromatic carbocycles. The highest BCUT2D eigenvalue weighted by atomic mass is 19.2. The van der Waals surface area contributed by atoms with Gasteiger partial charge in [-0.3, -0.25) is 19.2 Å². The number of benzene rings is 2. The van der Waals surface area contributed by atoms with Crippen LogP contribution < -0.4 is 15.6 Å². The van der Waals surface area contributed by atoms with Crippen molar-refractivity contribution in [1.82, 2.24) is 4.57 Å². The topological polar surface area (TPSA) is 104 Å². The van der Waals surface area contributed by atoms with Gasteiger partial charge in [-0.05, 0) is 47.9 Å². The summed E-state index contributed by atoms with van der Waals surface area (Å²) in [4.78, 5) is 45.6. The molecule has 0 radical (unpaired) electrons. The number of methoxy groups -OCH3 is 1. The second kappa shape index (κ2) is 12.5. The number of nitrogens with zero attached hydrogens (tertiary/aromatic N) is 1. The van der Waals surface area contributed by atoms with Crippen molar-refractivity contribution in [2.75, 3.05) is 19.0 Å². The summed E-state index contributed by atoms with van der Waals surface area (Å²) >= 11 is 0. The minimum Gasteiger partial charge on any atom is -0.494 e. The van der Waals surface area contributed by atoms with E-state index in [0.29, 0.717) is 30.8 Å². The standard InChI is InChI=1S/C24H19F3N2O4.C2H4O2/c25-18-9-14(10-19(26)23(18)27)13-29-7-1-3-17(24(29)32)21(30)4-2-8-33-16-6-5-15-11-22(31)28-20(15)12-16;1-4-2-3/h1,3,5-7,9-10,12H,2,4,8,11,13H2,(H,28,31);2H,1H3. The van der Waals surface area contributed by atoms with Gasteiger partial charge in [-0.1, -0.05) is 6.07 Å². The highest BCUT2D eigenvalue weighted by molar-refractivity contribution is 5.99. The van der Waals surface area contributed by atoms with Gasteiger partial charge in [0.1, 0.15) is 5.75 Å². The number of halogens is 3. The number of Topliss-reactive ketones (excluding diaryl/α,β-unsaturated/α-hetero) is 1. The summed E-state index contributed by atoms with van der Waals surface area (Å²) in [5.74, 6) is -4.19. The summed E-state index contributed by atoms with van der Waals surface area (Å²) < 4.78 is 50.6. The van der Waals surface area contributed by atoms with Crippen LogP contribution in [0.15, 0.2) is 53.5 Å². The molecule has 1 aliphatic rings. The predicted molar refractivity (Wildman–Crippen MR) is 127 cm³/mol. The average Bonchev–Trinajstić information content (AvgIpc) is 3.25. The summed E-state index contributed by atoms with van der Waals surface area (Å²) in [6.07, 6.45) is 2.13. The molecule has 1 aliphatic heterocycles. The second-order valence-electron chi connectivity index (χ2n) is 7.98. The van der Waals surface area contributed by atoms with Crippen LogP contribution in [-0.2, 0) is 27.3 Å². The summed E-state index contributed by atoms with van der Waals surface area (Å²) in [6.45, 7) is 0.389. The van der Waals surface area contributed by atoms with E-state index in [9.17, 15) is 27.6 Å². The van der Waals surface area contributed by atoms with E-state index < -0.39 is 28.8 Å². The molecule has 0 aliphatic carbocycles. The van der Waals surface area contributed by atoms with Crippen molar-refractivity contribution < 1.29 is 37.0 Å². The first-order chi connectivity index (χ1) is 17.7. The molecule has 194 valence electrons. The van der Waals surface area contributed by atoms with Crippen LogP contribution in [0.5, 0.6) is 5.75 Å². The van der Waals surface area contributed by atoms with Gasteiger partial charge in [0.25, 0.3) is 12.0 Å². The van der Waals surface area contributed by atoms with Crippen molar-refractivity contribution in [1.29, 1.82) is 0 Å². The second-order valence-corrected chi connectivity index (χ2v) is 7.98. The lowest BCUT2D eigenvalue weighted by Gasteiger charge is -2.10. The number of hydrogen-bond donors (Lipinski definition) is 1. The van der Waals surface area contributed by atoms with Crippen LogP contribution in [-0.4, -0.2) is 36.4 Å². The number of rotatable bonds is 9. The lowest BCUT2D eigenvalue weighted by molar-refractivity contribution is -0.126. The van der Waals surface area contributed by atoms with Crippen LogP contribution >= 0.6 is 0 Å². The third-order valence-corrected chi connectivity index (χ3v) is 5.34. The minimum absolute atomic E-state index is 0.0528. The minimum atomic E-state index is -1.58. The molecule has 1 amide bonds. The summed E-state index contributed by atoms with van der Waals surface area (Å²) in [7, 11) is 1.31. The highest BCUT2D eigenvalue weighted by Gasteiger charge is 2.18. The van der Waals surface area contributed by atoms with Gasteiger partial charge >= 0.3 is 0 Å². The number of fused-ring (bicyclic) bond motifs is 1. The first-order valence-corrected chi connectivity index (χ1v) is 11.1. The van der Waals surface area contributed by atoms with E-state index in [1.165, 1.54) is 25.4 Å². The number of ketones is 1. The maximum atomic E-state index is 13.4. The number of carbonyl (C=O) groups is 3. The molecule has 0 fully saturated rings. The molecule has 37 heavy (non-hydrogen) atoms. The summed E-state index contributed by atoms with van der Waals surface area (Å²) in [5, 5.41) is 2.74. The number of amides is 1. The first-order valence-electron chi connectivity index (χ1n) is 11.1. The van der Waals surface area contributed by atoms with Gasteiger partial charge in [0.2, 0.25) is 5.91 Å². The number of anilines is 1. The van der Waals surface area contributed by atoms with Crippen molar-refractivity contribution in [2.24, 2.45) is 0 Å². The Bertz CT molecular complexity index is 1350. The Hall–Kier alpha value is -4.41. The van der Waals surface area contributed by atoms with Crippen LogP contribution in [0.25, 0.3) is 0 Å². The molecular formula is C26H23F3N2O6. The fourth-order valence-electron chi connectivity index (χ4n) is 3.61. The molecule has 4 rings (SSSR count). The van der Waals surface area contributed by atoms with Crippen molar-refractivity contribution in [3.63, 3.8) is 0 Å². The Kier molecular flexibility index (Phi) is 9.20. The van der Waals surface area contributed by atoms with Gasteiger partial charge in [-0.25, -0.2) is 13.2 Å². The van der Waals surface area contributed by atoms with Gasteiger partial charge < -0.3 is 19.4 Å². The number of hydrogen-bond acceptors (Lipinski definition) is 6. The largest absolute Gasteiger partial charge is 0.494 e. The summed E-state index contributed by atoms with van der Waals surface area (Å²) in [6, 6.07) is 9.76. The molecule has 0 atom stereocenters. The number of nitrogens with one attached hydrogen (secondary N) is 1. The lowest BCUT2D eigenvalue weighted by atomic mass is 10.1. The Balaban J connectivity index is 0.000000886. The van der Waals surface area contributed by atoms with E-state index in [0.717, 1.165) is 22.3 Å². The predicted octanol–water partition coefficient (Wildman–Crippen LogP) is 3.64. The van der Waals surface area contributed by atoms with E-state index in [-0.39, 0.29) is 36.6 Å². The van der Waals surface area contributed by atoms with Crippen LogP contribution in [0.1, 0.15) is 34.3 Å². The third-order valence-electron chi connectivity index (χ3n) is 5.34. The Morgan fingerprint density at radius 2 is 1.81 bits per heavy atom. The Morgan fingerprint density at radius 3 is 2.49 bits per heavy atom. The number of carbonyl (C=O) groups excluding carboxylic acids is 3. The van der Waals surface area contributed by atoms with Crippen LogP contribution in [0.3, 0.4) is 0 Å². The average molecular weight is 516 g/mol. The molecule has 11 heteroatoms. The van der Waals surface area contributed by atoms with E-state index in [1.54, 1.807) is 18.2 Å².